The van der Waals surface area contributed by atoms with E-state index < -0.39 is 5.54 Å². The van der Waals surface area contributed by atoms with Crippen LogP contribution in [0.2, 0.25) is 0 Å². The van der Waals surface area contributed by atoms with Crippen LogP contribution in [0.15, 0.2) is 0 Å². The van der Waals surface area contributed by atoms with Gasteiger partial charge >= 0.3 is 5.97 Å². The third-order valence-corrected chi connectivity index (χ3v) is 3.87. The number of rotatable bonds is 9. The largest absolute Gasteiger partial charge is 0.465 e. The lowest BCUT2D eigenvalue weighted by atomic mass is 9.85. The molecule has 1 N–H and O–H groups in total. The molecule has 0 aliphatic heterocycles. The van der Waals surface area contributed by atoms with Gasteiger partial charge in [0.15, 0.2) is 0 Å². The summed E-state index contributed by atoms with van der Waals surface area (Å²) in [6.07, 6.45) is 5.05. The van der Waals surface area contributed by atoms with E-state index in [2.05, 4.69) is 24.2 Å². The Morgan fingerprint density at radius 2 is 2.11 bits per heavy atom. The fraction of sp³-hybridized carbons (Fsp3) is 0.933. The summed E-state index contributed by atoms with van der Waals surface area (Å²) in [5.41, 5.74) is -0.593. The van der Waals surface area contributed by atoms with Crippen molar-refractivity contribution in [3.63, 3.8) is 0 Å². The molecule has 4 nitrogen and oxygen atoms in total. The van der Waals surface area contributed by atoms with E-state index in [-0.39, 0.29) is 5.97 Å². The van der Waals surface area contributed by atoms with Crippen LogP contribution in [0.25, 0.3) is 0 Å². The van der Waals surface area contributed by atoms with Gasteiger partial charge in [0.2, 0.25) is 0 Å². The minimum Gasteiger partial charge on any atom is -0.465 e. The first kappa shape index (κ1) is 16.4. The number of hydrogen-bond acceptors (Lipinski definition) is 4. The van der Waals surface area contributed by atoms with E-state index in [1.54, 1.807) is 0 Å². The van der Waals surface area contributed by atoms with Crippen molar-refractivity contribution in [1.29, 1.82) is 0 Å². The second-order valence-electron chi connectivity index (χ2n) is 5.97. The number of hydrogen-bond donors (Lipinski definition) is 1. The van der Waals surface area contributed by atoms with Crippen LogP contribution in [0.3, 0.4) is 0 Å². The van der Waals surface area contributed by atoms with Gasteiger partial charge in [0.25, 0.3) is 0 Å². The number of esters is 1. The highest BCUT2D eigenvalue weighted by Crippen LogP contribution is 2.27. The fourth-order valence-corrected chi connectivity index (χ4v) is 2.60. The molecule has 19 heavy (non-hydrogen) atoms. The molecule has 0 bridgehead atoms. The lowest BCUT2D eigenvalue weighted by Crippen LogP contribution is -2.57. The zero-order chi connectivity index (χ0) is 14.3. The van der Waals surface area contributed by atoms with Crippen molar-refractivity contribution >= 4 is 5.97 Å². The van der Waals surface area contributed by atoms with E-state index in [1.165, 1.54) is 19.3 Å². The Bertz CT molecular complexity index is 279. The van der Waals surface area contributed by atoms with Crippen molar-refractivity contribution in [3.05, 3.63) is 0 Å². The Balaban J connectivity index is 2.52. The summed E-state index contributed by atoms with van der Waals surface area (Å²) in [7, 11) is 2.10. The maximum absolute atomic E-state index is 12.2. The third-order valence-electron chi connectivity index (χ3n) is 3.87. The summed E-state index contributed by atoms with van der Waals surface area (Å²) in [5.74, 6) is 0.687. The van der Waals surface area contributed by atoms with Gasteiger partial charge in [0.05, 0.1) is 6.61 Å². The molecule has 0 radical (unpaired) electrons. The number of carbonyl (C=O) groups is 1. The first-order valence-electron chi connectivity index (χ1n) is 7.62. The predicted molar refractivity (Wildman–Crippen MR) is 78.2 cm³/mol. The monoisotopic (exact) mass is 270 g/mol. The molecule has 1 unspecified atom stereocenters. The van der Waals surface area contributed by atoms with Crippen molar-refractivity contribution in [3.8, 4) is 0 Å². The molecule has 0 saturated heterocycles. The number of carbonyl (C=O) groups excluding carboxylic acids is 1. The third kappa shape index (κ3) is 5.11. The van der Waals surface area contributed by atoms with Crippen molar-refractivity contribution < 1.29 is 9.53 Å². The predicted octanol–water partition coefficient (Wildman–Crippen LogP) is 2.04. The maximum Gasteiger partial charge on any atom is 0.327 e. The Morgan fingerprint density at radius 1 is 1.42 bits per heavy atom. The van der Waals surface area contributed by atoms with E-state index in [4.69, 9.17) is 4.74 Å². The molecule has 1 rings (SSSR count). The summed E-state index contributed by atoms with van der Waals surface area (Å²) in [6.45, 7) is 9.00. The normalized spacial score (nSPS) is 19.0. The van der Waals surface area contributed by atoms with Gasteiger partial charge < -0.3 is 15.0 Å². The van der Waals surface area contributed by atoms with Gasteiger partial charge in [-0.2, -0.15) is 0 Å². The number of nitrogens with one attached hydrogen (secondary N) is 1. The first-order valence-corrected chi connectivity index (χ1v) is 7.62. The highest BCUT2D eigenvalue weighted by molar-refractivity contribution is 5.80. The van der Waals surface area contributed by atoms with Gasteiger partial charge in [-0.25, -0.2) is 0 Å². The molecule has 1 aliphatic carbocycles. The van der Waals surface area contributed by atoms with Gasteiger partial charge in [-0.3, -0.25) is 4.79 Å². The number of ether oxygens (including phenoxy) is 1. The summed E-state index contributed by atoms with van der Waals surface area (Å²) in [4.78, 5) is 14.4. The average Bonchev–Trinajstić information content (AvgIpc) is 2.31. The number of likely N-dealkylation sites (N-methyl/N-ethyl adjacent to an activating group) is 1. The summed E-state index contributed by atoms with van der Waals surface area (Å²) >= 11 is 0. The van der Waals surface area contributed by atoms with Crippen LogP contribution in [0.4, 0.5) is 0 Å². The fourth-order valence-electron chi connectivity index (χ4n) is 2.60. The molecule has 1 saturated carbocycles. The van der Waals surface area contributed by atoms with Gasteiger partial charge in [-0.1, -0.05) is 13.3 Å². The van der Waals surface area contributed by atoms with Crippen LogP contribution in [-0.2, 0) is 9.53 Å². The minimum absolute atomic E-state index is 0.135. The second kappa shape index (κ2) is 7.85. The van der Waals surface area contributed by atoms with Gasteiger partial charge in [0.1, 0.15) is 5.54 Å². The quantitative estimate of drug-likeness (QED) is 0.651. The standard InChI is InChI=1S/C15H30N2O2/c1-5-10-16-15(3,14(18)19-6-2)12-17(4)11-13-8-7-9-13/h13,16H,5-12H2,1-4H3. The van der Waals surface area contributed by atoms with E-state index in [0.29, 0.717) is 13.2 Å². The van der Waals surface area contributed by atoms with E-state index in [9.17, 15) is 4.79 Å². The topological polar surface area (TPSA) is 41.6 Å². The van der Waals surface area contributed by atoms with Crippen LogP contribution in [-0.4, -0.2) is 49.7 Å². The van der Waals surface area contributed by atoms with Crippen LogP contribution >= 0.6 is 0 Å². The highest BCUT2D eigenvalue weighted by Gasteiger charge is 2.35. The minimum atomic E-state index is -0.593. The summed E-state index contributed by atoms with van der Waals surface area (Å²) in [5, 5.41) is 3.35. The lowest BCUT2D eigenvalue weighted by molar-refractivity contribution is -0.151. The lowest BCUT2D eigenvalue weighted by Gasteiger charge is -2.36. The van der Waals surface area contributed by atoms with Crippen molar-refractivity contribution in [2.45, 2.75) is 52.0 Å². The molecular formula is C15H30N2O2. The smallest absolute Gasteiger partial charge is 0.327 e. The van der Waals surface area contributed by atoms with Gasteiger partial charge in [-0.05, 0) is 52.6 Å². The maximum atomic E-state index is 12.2. The molecule has 0 heterocycles. The highest BCUT2D eigenvalue weighted by atomic mass is 16.5. The van der Waals surface area contributed by atoms with E-state index in [1.807, 2.05) is 13.8 Å². The zero-order valence-corrected chi connectivity index (χ0v) is 13.0. The Morgan fingerprint density at radius 3 is 2.58 bits per heavy atom. The first-order chi connectivity index (χ1) is 9.01. The molecule has 0 spiro atoms. The molecule has 0 amide bonds. The zero-order valence-electron chi connectivity index (χ0n) is 13.0. The second-order valence-corrected chi connectivity index (χ2v) is 5.97. The van der Waals surface area contributed by atoms with Crippen LogP contribution < -0.4 is 5.32 Å². The molecule has 1 atom stereocenters. The molecule has 0 aromatic carbocycles. The molecule has 0 aromatic rings. The van der Waals surface area contributed by atoms with Gasteiger partial charge in [-0.15, -0.1) is 0 Å². The molecule has 4 heteroatoms. The Labute approximate surface area is 117 Å². The van der Waals surface area contributed by atoms with Gasteiger partial charge in [0, 0.05) is 13.1 Å². The molecule has 1 aliphatic rings. The van der Waals surface area contributed by atoms with Crippen molar-refractivity contribution in [2.75, 3.05) is 33.3 Å². The van der Waals surface area contributed by atoms with Crippen LogP contribution in [0, 0.1) is 5.92 Å². The summed E-state index contributed by atoms with van der Waals surface area (Å²) < 4.78 is 5.22. The Kier molecular flexibility index (Phi) is 6.80. The molecular weight excluding hydrogens is 240 g/mol. The molecule has 1 fully saturated rings. The van der Waals surface area contributed by atoms with Crippen molar-refractivity contribution in [2.24, 2.45) is 5.92 Å². The molecule has 0 aromatic heterocycles. The van der Waals surface area contributed by atoms with E-state index >= 15 is 0 Å². The SMILES string of the molecule is CCCNC(C)(CN(C)CC1CCC1)C(=O)OCC. The van der Waals surface area contributed by atoms with E-state index in [0.717, 1.165) is 25.4 Å². The van der Waals surface area contributed by atoms with Crippen molar-refractivity contribution in [1.82, 2.24) is 10.2 Å². The summed E-state index contributed by atoms with van der Waals surface area (Å²) in [6, 6.07) is 0. The van der Waals surface area contributed by atoms with Crippen LogP contribution in [0.1, 0.15) is 46.5 Å². The number of nitrogens with zero attached hydrogens (tertiary/aromatic N) is 1. The average molecular weight is 270 g/mol. The molecule has 112 valence electrons. The Hall–Kier alpha value is -0.610. The van der Waals surface area contributed by atoms with Crippen LogP contribution in [0.5, 0.6) is 0 Å².